The van der Waals surface area contributed by atoms with Crippen molar-refractivity contribution >= 4 is 23.4 Å². The normalized spacial score (nSPS) is 11.2. The Kier molecular flexibility index (Phi) is 4.75. The number of rotatable bonds is 5. The second kappa shape index (κ2) is 6.96. The molecule has 8 heteroatoms. The predicted octanol–water partition coefficient (Wildman–Crippen LogP) is 3.71. The highest BCUT2D eigenvalue weighted by Crippen LogP contribution is 2.26. The number of ether oxygens (including phenoxy) is 1. The number of aryl methyl sites for hydroxylation is 1. The number of halogens is 2. The summed E-state index contributed by atoms with van der Waals surface area (Å²) in [4.78, 5) is 20.3. The van der Waals surface area contributed by atoms with E-state index in [9.17, 15) is 13.6 Å². The molecule has 0 amide bonds. The standard InChI is InChI=1S/C16H13F2N3O2S/c1-10-4-5-13-20-11(8-21(13)7-10)9-23-15(22)12-3-2-6-19-14(12)24-16(17)18/h2-8,16H,9H2,1H3. The molecule has 0 spiro atoms. The summed E-state index contributed by atoms with van der Waals surface area (Å²) in [6, 6.07) is 6.70. The Bertz CT molecular complexity index is 883. The van der Waals surface area contributed by atoms with E-state index >= 15 is 0 Å². The quantitative estimate of drug-likeness (QED) is 0.519. The molecule has 5 nitrogen and oxygen atoms in total. The van der Waals surface area contributed by atoms with E-state index < -0.39 is 11.7 Å². The molecule has 3 aromatic rings. The zero-order valence-electron chi connectivity index (χ0n) is 12.6. The summed E-state index contributed by atoms with van der Waals surface area (Å²) in [6.07, 6.45) is 5.02. The summed E-state index contributed by atoms with van der Waals surface area (Å²) in [5, 5.41) is -0.0527. The maximum atomic E-state index is 12.5. The maximum Gasteiger partial charge on any atom is 0.341 e. The van der Waals surface area contributed by atoms with Gasteiger partial charge < -0.3 is 9.14 Å². The average molecular weight is 349 g/mol. The zero-order chi connectivity index (χ0) is 17.1. The van der Waals surface area contributed by atoms with Crippen LogP contribution in [0.15, 0.2) is 47.9 Å². The highest BCUT2D eigenvalue weighted by atomic mass is 32.2. The molecule has 0 saturated carbocycles. The van der Waals surface area contributed by atoms with E-state index in [0.29, 0.717) is 5.69 Å². The van der Waals surface area contributed by atoms with Crippen LogP contribution >= 0.6 is 11.8 Å². The number of esters is 1. The van der Waals surface area contributed by atoms with E-state index in [2.05, 4.69) is 9.97 Å². The molecule has 0 aliphatic rings. The number of pyridine rings is 2. The summed E-state index contributed by atoms with van der Waals surface area (Å²) in [5.74, 6) is -3.37. The summed E-state index contributed by atoms with van der Waals surface area (Å²) in [7, 11) is 0. The van der Waals surface area contributed by atoms with Crippen molar-refractivity contribution in [3.8, 4) is 0 Å². The SMILES string of the molecule is Cc1ccc2nc(COC(=O)c3cccnc3SC(F)F)cn2c1. The van der Waals surface area contributed by atoms with E-state index in [0.717, 1.165) is 11.2 Å². The van der Waals surface area contributed by atoms with Crippen molar-refractivity contribution in [1.29, 1.82) is 0 Å². The van der Waals surface area contributed by atoms with Crippen LogP contribution in [0.25, 0.3) is 5.65 Å². The van der Waals surface area contributed by atoms with Crippen molar-refractivity contribution in [2.24, 2.45) is 0 Å². The third-order valence-electron chi connectivity index (χ3n) is 3.19. The number of fused-ring (bicyclic) bond motifs is 1. The van der Waals surface area contributed by atoms with Crippen LogP contribution in [-0.4, -0.2) is 26.1 Å². The topological polar surface area (TPSA) is 56.5 Å². The molecule has 0 aliphatic heterocycles. The van der Waals surface area contributed by atoms with Gasteiger partial charge in [-0.2, -0.15) is 8.78 Å². The van der Waals surface area contributed by atoms with Gasteiger partial charge in [-0.05, 0) is 42.4 Å². The van der Waals surface area contributed by atoms with Gasteiger partial charge >= 0.3 is 5.97 Å². The van der Waals surface area contributed by atoms with Crippen LogP contribution < -0.4 is 0 Å². The molecule has 0 aromatic carbocycles. The van der Waals surface area contributed by atoms with Crippen LogP contribution in [0.2, 0.25) is 0 Å². The average Bonchev–Trinajstić information content (AvgIpc) is 2.94. The third kappa shape index (κ3) is 3.70. The Morgan fingerprint density at radius 3 is 2.96 bits per heavy atom. The van der Waals surface area contributed by atoms with Crippen LogP contribution in [0.3, 0.4) is 0 Å². The fraction of sp³-hybridized carbons (Fsp3) is 0.188. The molecule has 24 heavy (non-hydrogen) atoms. The fourth-order valence-corrected chi connectivity index (χ4v) is 2.74. The number of thioether (sulfide) groups is 1. The molecule has 3 aromatic heterocycles. The van der Waals surface area contributed by atoms with Gasteiger partial charge in [-0.15, -0.1) is 0 Å². The lowest BCUT2D eigenvalue weighted by Gasteiger charge is -2.07. The lowest BCUT2D eigenvalue weighted by molar-refractivity contribution is 0.0463. The lowest BCUT2D eigenvalue weighted by atomic mass is 10.3. The van der Waals surface area contributed by atoms with Crippen LogP contribution in [0.4, 0.5) is 8.78 Å². The molecule has 124 valence electrons. The van der Waals surface area contributed by atoms with Gasteiger partial charge in [-0.25, -0.2) is 14.8 Å². The second-order valence-corrected chi connectivity index (χ2v) is 5.99. The van der Waals surface area contributed by atoms with Gasteiger partial charge in [-0.1, -0.05) is 6.07 Å². The first-order valence-corrected chi connectivity index (χ1v) is 7.92. The van der Waals surface area contributed by atoms with E-state index in [-0.39, 0.29) is 29.0 Å². The number of hydrogen-bond acceptors (Lipinski definition) is 5. The second-order valence-electron chi connectivity index (χ2n) is 5.01. The van der Waals surface area contributed by atoms with Gasteiger partial charge in [0.05, 0.1) is 11.3 Å². The number of hydrogen-bond donors (Lipinski definition) is 0. The number of imidazole rings is 1. The highest BCUT2D eigenvalue weighted by molar-refractivity contribution is 7.99. The molecule has 0 aliphatic carbocycles. The first-order valence-electron chi connectivity index (χ1n) is 7.04. The highest BCUT2D eigenvalue weighted by Gasteiger charge is 2.18. The Labute approximate surface area is 140 Å². The number of aromatic nitrogens is 3. The first-order chi connectivity index (χ1) is 11.5. The van der Waals surface area contributed by atoms with Gasteiger partial charge in [-0.3, -0.25) is 0 Å². The van der Waals surface area contributed by atoms with E-state index in [4.69, 9.17) is 4.74 Å². The lowest BCUT2D eigenvalue weighted by Crippen LogP contribution is -2.08. The monoisotopic (exact) mass is 349 g/mol. The molecule has 0 atom stereocenters. The molecule has 0 N–H and O–H groups in total. The van der Waals surface area contributed by atoms with Gasteiger partial charge in [0.2, 0.25) is 0 Å². The predicted molar refractivity (Wildman–Crippen MR) is 85.1 cm³/mol. The van der Waals surface area contributed by atoms with Gasteiger partial charge in [0, 0.05) is 18.6 Å². The molecule has 0 fully saturated rings. The number of carbonyl (C=O) groups excluding carboxylic acids is 1. The van der Waals surface area contributed by atoms with Crippen molar-refractivity contribution in [2.75, 3.05) is 0 Å². The zero-order valence-corrected chi connectivity index (χ0v) is 13.5. The minimum absolute atomic E-state index is 0.0161. The Morgan fingerprint density at radius 2 is 2.17 bits per heavy atom. The molecule has 0 bridgehead atoms. The molecule has 0 unspecified atom stereocenters. The van der Waals surface area contributed by atoms with Crippen LogP contribution in [-0.2, 0) is 11.3 Å². The number of carbonyl (C=O) groups is 1. The third-order valence-corrected chi connectivity index (χ3v) is 3.92. The van der Waals surface area contributed by atoms with Crippen LogP contribution in [0, 0.1) is 6.92 Å². The van der Waals surface area contributed by atoms with Crippen molar-refractivity contribution < 1.29 is 18.3 Å². The fourth-order valence-electron chi connectivity index (χ4n) is 2.17. The Hall–Kier alpha value is -2.48. The Morgan fingerprint density at radius 1 is 1.33 bits per heavy atom. The van der Waals surface area contributed by atoms with Crippen LogP contribution in [0.1, 0.15) is 21.6 Å². The molecule has 3 heterocycles. The largest absolute Gasteiger partial charge is 0.455 e. The summed E-state index contributed by atoms with van der Waals surface area (Å²) in [6.45, 7) is 1.91. The minimum atomic E-state index is -2.66. The van der Waals surface area contributed by atoms with Crippen molar-refractivity contribution in [3.05, 3.63) is 59.7 Å². The van der Waals surface area contributed by atoms with Gasteiger partial charge in [0.15, 0.2) is 0 Å². The maximum absolute atomic E-state index is 12.5. The first kappa shape index (κ1) is 16.4. The van der Waals surface area contributed by atoms with E-state index in [1.165, 1.54) is 18.3 Å². The van der Waals surface area contributed by atoms with Crippen molar-refractivity contribution in [1.82, 2.24) is 14.4 Å². The van der Waals surface area contributed by atoms with E-state index in [1.807, 2.05) is 29.7 Å². The molecular formula is C16H13F2N3O2S. The Balaban J connectivity index is 1.73. The van der Waals surface area contributed by atoms with Crippen LogP contribution in [0.5, 0.6) is 0 Å². The smallest absolute Gasteiger partial charge is 0.341 e. The summed E-state index contributed by atoms with van der Waals surface area (Å²) < 4.78 is 32.1. The van der Waals surface area contributed by atoms with Gasteiger partial charge in [0.1, 0.15) is 17.3 Å². The molecule has 3 rings (SSSR count). The van der Waals surface area contributed by atoms with Gasteiger partial charge in [0.25, 0.3) is 5.76 Å². The summed E-state index contributed by atoms with van der Waals surface area (Å²) in [5.41, 5.74) is 2.40. The molecule has 0 radical (unpaired) electrons. The van der Waals surface area contributed by atoms with Crippen molar-refractivity contribution in [2.45, 2.75) is 24.3 Å². The minimum Gasteiger partial charge on any atom is -0.455 e. The molecular weight excluding hydrogens is 336 g/mol. The molecule has 0 saturated heterocycles. The van der Waals surface area contributed by atoms with Crippen molar-refractivity contribution in [3.63, 3.8) is 0 Å². The number of alkyl halides is 2. The van der Waals surface area contributed by atoms with E-state index in [1.54, 1.807) is 6.20 Å². The summed E-state index contributed by atoms with van der Waals surface area (Å²) >= 11 is 0.215. The number of nitrogens with zero attached hydrogens (tertiary/aromatic N) is 3.